The fourth-order valence-electron chi connectivity index (χ4n) is 3.96. The van der Waals surface area contributed by atoms with E-state index < -0.39 is 5.91 Å². The number of nitrogens with two attached hydrogens (primary N) is 2. The zero-order valence-corrected chi connectivity index (χ0v) is 21.3. The van der Waals surface area contributed by atoms with Gasteiger partial charge in [-0.05, 0) is 25.0 Å². The number of fused-ring (bicyclic) bond motifs is 2. The normalized spacial score (nSPS) is 11.6. The molecule has 14 heteroatoms. The number of hydrogen-bond acceptors (Lipinski definition) is 10. The van der Waals surface area contributed by atoms with Gasteiger partial charge < -0.3 is 37.2 Å². The molecule has 4 rings (SSSR count). The van der Waals surface area contributed by atoms with Gasteiger partial charge in [-0.1, -0.05) is 0 Å². The second-order valence-electron chi connectivity index (χ2n) is 8.61. The molecule has 0 aliphatic heterocycles. The van der Waals surface area contributed by atoms with Crippen molar-refractivity contribution in [2.75, 3.05) is 32.0 Å². The van der Waals surface area contributed by atoms with Gasteiger partial charge in [-0.3, -0.25) is 9.59 Å². The maximum absolute atomic E-state index is 12.1. The summed E-state index contributed by atoms with van der Waals surface area (Å²) in [6.45, 7) is 1.85. The lowest BCUT2D eigenvalue weighted by atomic mass is 10.1. The number of H-pyrrole nitrogens is 1. The molecule has 0 radical (unpaired) electrons. The average molecular weight is 534 g/mol. The maximum Gasteiger partial charge on any atom is 0.254 e. The molecule has 0 bridgehead atoms. The van der Waals surface area contributed by atoms with Gasteiger partial charge in [-0.15, -0.1) is 0 Å². The van der Waals surface area contributed by atoms with E-state index in [4.69, 9.17) is 26.7 Å². The molecule has 204 valence electrons. The first-order valence-electron chi connectivity index (χ1n) is 12.5. The lowest BCUT2D eigenvalue weighted by molar-refractivity contribution is -0.122. The molecule has 0 saturated heterocycles. The molecule has 4 heterocycles. The molecular formula is C25H31N11O3. The molecule has 14 nitrogen and oxygen atoms in total. The van der Waals surface area contributed by atoms with E-state index in [0.29, 0.717) is 35.6 Å². The van der Waals surface area contributed by atoms with E-state index in [1.54, 1.807) is 6.20 Å². The van der Waals surface area contributed by atoms with Crippen molar-refractivity contribution < 1.29 is 14.3 Å². The van der Waals surface area contributed by atoms with Crippen LogP contribution in [-0.4, -0.2) is 74.0 Å². The number of hydrogen-bond donors (Lipinski definition) is 6. The third kappa shape index (κ3) is 6.73. The number of rotatable bonds is 14. The molecule has 0 atom stereocenters. The fourth-order valence-corrected chi connectivity index (χ4v) is 3.96. The summed E-state index contributed by atoms with van der Waals surface area (Å²) in [6.07, 6.45) is 8.68. The van der Waals surface area contributed by atoms with Crippen molar-refractivity contribution in [1.29, 1.82) is 5.41 Å². The van der Waals surface area contributed by atoms with Gasteiger partial charge in [0.15, 0.2) is 5.65 Å². The summed E-state index contributed by atoms with van der Waals surface area (Å²) < 4.78 is 7.18. The molecule has 0 fully saturated rings. The molecule has 0 aromatic carbocycles. The number of pyridine rings is 1. The van der Waals surface area contributed by atoms with Gasteiger partial charge in [0.25, 0.3) is 5.91 Å². The van der Waals surface area contributed by atoms with Gasteiger partial charge in [0.05, 0.1) is 24.2 Å². The zero-order valence-electron chi connectivity index (χ0n) is 21.3. The van der Waals surface area contributed by atoms with Crippen LogP contribution in [-0.2, 0) is 20.9 Å². The molecule has 39 heavy (non-hydrogen) atoms. The van der Waals surface area contributed by atoms with Crippen LogP contribution in [0.15, 0.2) is 42.6 Å². The highest BCUT2D eigenvalue weighted by molar-refractivity contribution is 6.11. The predicted octanol–water partition coefficient (Wildman–Crippen LogP) is 0.863. The summed E-state index contributed by atoms with van der Waals surface area (Å²) in [7, 11) is 0. The number of anilines is 1. The fraction of sp³-hybridized carbons (Fsp3) is 0.320. The van der Waals surface area contributed by atoms with Crippen LogP contribution in [0.4, 0.5) is 5.82 Å². The number of carbonyl (C=O) groups is 2. The first kappa shape index (κ1) is 27.2. The first-order valence-corrected chi connectivity index (χ1v) is 12.5. The number of aromatic nitrogens is 6. The van der Waals surface area contributed by atoms with E-state index in [9.17, 15) is 9.59 Å². The molecule has 2 amide bonds. The van der Waals surface area contributed by atoms with Crippen LogP contribution in [0, 0.1) is 5.41 Å². The number of unbranched alkanes of at least 4 members (excludes halogenated alkanes) is 1. The Labute approximate surface area is 223 Å². The summed E-state index contributed by atoms with van der Waals surface area (Å²) in [5.74, 6) is -0.203. The topological polar surface area (TPSA) is 216 Å². The second kappa shape index (κ2) is 13.1. The van der Waals surface area contributed by atoms with Crippen LogP contribution in [0.2, 0.25) is 0 Å². The number of aryl methyl sites for hydroxylation is 1. The minimum Gasteiger partial charge on any atom is -0.404 e. The SMILES string of the molecule is N=CC(=CN)C(=O)NCCOCCC(=O)NCCCCn1nc(-c2cnc3[nH]ccc3c2)c2c(N)ncnc21. The van der Waals surface area contributed by atoms with Gasteiger partial charge in [0.1, 0.15) is 23.5 Å². The number of nitrogen functional groups attached to an aromatic ring is 1. The lowest BCUT2D eigenvalue weighted by Crippen LogP contribution is -2.30. The highest BCUT2D eigenvalue weighted by Gasteiger charge is 2.17. The molecule has 4 aromatic rings. The quantitative estimate of drug-likeness (QED) is 0.0768. The molecule has 0 spiro atoms. The number of aromatic amines is 1. The standard InChI is InChI=1S/C25H31N11O3/c26-12-18(13-27)25(38)31-7-10-39-9-4-19(37)29-5-1-2-8-36-24-20(22(28)33-15-34-24)21(35-36)17-11-16-3-6-30-23(16)32-14-17/h3,6,11-15,26H,1-2,4-5,7-10,27H2,(H,29,37)(H,30,32)(H,31,38)(H2,28,33,34). The Hall–Kier alpha value is -4.85. The van der Waals surface area contributed by atoms with E-state index in [1.165, 1.54) is 6.33 Å². The smallest absolute Gasteiger partial charge is 0.254 e. The Bertz CT molecular complexity index is 1490. The summed E-state index contributed by atoms with van der Waals surface area (Å²) >= 11 is 0. The molecule has 0 aliphatic rings. The second-order valence-corrected chi connectivity index (χ2v) is 8.61. The first-order chi connectivity index (χ1) is 19.0. The van der Waals surface area contributed by atoms with Crippen LogP contribution in [0.1, 0.15) is 19.3 Å². The number of nitrogens with zero attached hydrogens (tertiary/aromatic N) is 5. The monoisotopic (exact) mass is 533 g/mol. The lowest BCUT2D eigenvalue weighted by Gasteiger charge is -2.08. The summed E-state index contributed by atoms with van der Waals surface area (Å²) in [6, 6.07) is 3.95. The number of nitrogens with one attached hydrogen (secondary N) is 4. The van der Waals surface area contributed by atoms with E-state index in [2.05, 4.69) is 30.6 Å². The molecule has 0 aliphatic carbocycles. The molecule has 4 aromatic heterocycles. The predicted molar refractivity (Wildman–Crippen MR) is 147 cm³/mol. The molecule has 0 unspecified atom stereocenters. The van der Waals surface area contributed by atoms with Gasteiger partial charge in [0, 0.05) is 61.8 Å². The van der Waals surface area contributed by atoms with Gasteiger partial charge in [0.2, 0.25) is 5.91 Å². The van der Waals surface area contributed by atoms with Gasteiger partial charge >= 0.3 is 0 Å². The third-order valence-electron chi connectivity index (χ3n) is 5.95. The third-order valence-corrected chi connectivity index (χ3v) is 5.95. The Balaban J connectivity index is 1.20. The van der Waals surface area contributed by atoms with Crippen LogP contribution < -0.4 is 22.1 Å². The minimum absolute atomic E-state index is 0.0692. The van der Waals surface area contributed by atoms with E-state index >= 15 is 0 Å². The largest absolute Gasteiger partial charge is 0.404 e. The van der Waals surface area contributed by atoms with Crippen molar-refractivity contribution in [1.82, 2.24) is 40.3 Å². The minimum atomic E-state index is -0.445. The van der Waals surface area contributed by atoms with Gasteiger partial charge in [-0.2, -0.15) is 5.10 Å². The van der Waals surface area contributed by atoms with E-state index in [-0.39, 0.29) is 37.7 Å². The summed E-state index contributed by atoms with van der Waals surface area (Å²) in [5, 5.41) is 19.0. The van der Waals surface area contributed by atoms with Crippen LogP contribution in [0.5, 0.6) is 0 Å². The van der Waals surface area contributed by atoms with Gasteiger partial charge in [-0.25, -0.2) is 19.6 Å². The van der Waals surface area contributed by atoms with Crippen molar-refractivity contribution in [3.05, 3.63) is 42.6 Å². The van der Waals surface area contributed by atoms with Crippen molar-refractivity contribution in [3.8, 4) is 11.3 Å². The van der Waals surface area contributed by atoms with E-state index in [1.807, 2.05) is 23.0 Å². The van der Waals surface area contributed by atoms with Crippen LogP contribution in [0.25, 0.3) is 33.3 Å². The Morgan fingerprint density at radius 2 is 2.03 bits per heavy atom. The number of ether oxygens (including phenoxy) is 1. The molecular weight excluding hydrogens is 502 g/mol. The maximum atomic E-state index is 12.1. The summed E-state index contributed by atoms with van der Waals surface area (Å²) in [4.78, 5) is 39.8. The molecule has 0 saturated carbocycles. The number of carbonyl (C=O) groups excluding carboxylic acids is 2. The Kier molecular flexibility index (Phi) is 9.13. The van der Waals surface area contributed by atoms with Crippen molar-refractivity contribution >= 4 is 45.9 Å². The van der Waals surface area contributed by atoms with Crippen LogP contribution >= 0.6 is 0 Å². The molecule has 8 N–H and O–H groups in total. The van der Waals surface area contributed by atoms with Crippen molar-refractivity contribution in [2.24, 2.45) is 5.73 Å². The van der Waals surface area contributed by atoms with E-state index in [0.717, 1.165) is 41.9 Å². The highest BCUT2D eigenvalue weighted by atomic mass is 16.5. The Morgan fingerprint density at radius 1 is 1.15 bits per heavy atom. The van der Waals surface area contributed by atoms with Crippen molar-refractivity contribution in [2.45, 2.75) is 25.8 Å². The zero-order chi connectivity index (χ0) is 27.6. The highest BCUT2D eigenvalue weighted by Crippen LogP contribution is 2.31. The number of amides is 2. The summed E-state index contributed by atoms with van der Waals surface area (Å²) in [5.41, 5.74) is 14.5. The van der Waals surface area contributed by atoms with Crippen molar-refractivity contribution in [3.63, 3.8) is 0 Å². The van der Waals surface area contributed by atoms with Crippen LogP contribution in [0.3, 0.4) is 0 Å². The average Bonchev–Trinajstić information content (AvgIpc) is 3.56. The Morgan fingerprint density at radius 3 is 2.85 bits per heavy atom.